The van der Waals surface area contributed by atoms with Crippen molar-refractivity contribution in [2.24, 2.45) is 16.6 Å². The third-order valence-corrected chi connectivity index (χ3v) is 6.49. The number of hydrogen-bond donors (Lipinski definition) is 2. The fourth-order valence-corrected chi connectivity index (χ4v) is 4.46. The average molecular weight is 571 g/mol. The van der Waals surface area contributed by atoms with Crippen molar-refractivity contribution in [2.75, 3.05) is 18.6 Å². The van der Waals surface area contributed by atoms with Crippen LogP contribution < -0.4 is 20.7 Å². The van der Waals surface area contributed by atoms with E-state index in [1.165, 1.54) is 14.0 Å². The van der Waals surface area contributed by atoms with E-state index in [-0.39, 0.29) is 12.0 Å². The van der Waals surface area contributed by atoms with E-state index in [0.717, 1.165) is 17.0 Å². The predicted molar refractivity (Wildman–Crippen MR) is 143 cm³/mol. The summed E-state index contributed by atoms with van der Waals surface area (Å²) in [6, 6.07) is 16.0. The number of hydrogen-bond acceptors (Lipinski definition) is 5. The Morgan fingerprint density at radius 3 is 2.39 bits per heavy atom. The Balaban J connectivity index is 1.67. The summed E-state index contributed by atoms with van der Waals surface area (Å²) in [5.74, 6) is -3.92. The van der Waals surface area contributed by atoms with Crippen molar-refractivity contribution >= 4 is 29.1 Å². The molecule has 1 unspecified atom stereocenters. The van der Waals surface area contributed by atoms with E-state index in [1.807, 2.05) is 0 Å². The normalized spacial score (nSPS) is 15.9. The second-order valence-electron chi connectivity index (χ2n) is 9.44. The topological polar surface area (TPSA) is 114 Å². The van der Waals surface area contributed by atoms with Gasteiger partial charge in [0.05, 0.1) is 24.1 Å². The van der Waals surface area contributed by atoms with Crippen LogP contribution in [-0.4, -0.2) is 43.3 Å². The number of nitrogens with one attached hydrogen (secondary N) is 1. The van der Waals surface area contributed by atoms with Gasteiger partial charge in [0, 0.05) is 17.0 Å². The molecule has 1 heterocycles. The number of ether oxygens (including phenoxy) is 1. The number of aliphatic imine (C=N–C) groups is 1. The van der Waals surface area contributed by atoms with Crippen LogP contribution in [0.3, 0.4) is 0 Å². The third-order valence-electron chi connectivity index (χ3n) is 6.49. The van der Waals surface area contributed by atoms with Gasteiger partial charge in [0.25, 0.3) is 5.91 Å². The van der Waals surface area contributed by atoms with Crippen LogP contribution in [0.5, 0.6) is 5.75 Å². The number of para-hydroxylation sites is 1. The Hall–Kier alpha value is -4.74. The summed E-state index contributed by atoms with van der Waals surface area (Å²) in [4.78, 5) is 44.4. The Labute approximate surface area is 232 Å². The lowest BCUT2D eigenvalue weighted by atomic mass is 9.98. The van der Waals surface area contributed by atoms with Crippen molar-refractivity contribution < 1.29 is 36.7 Å². The largest absolute Gasteiger partial charge is 0.497 e. The van der Waals surface area contributed by atoms with E-state index in [4.69, 9.17) is 10.5 Å². The van der Waals surface area contributed by atoms with Crippen LogP contribution in [0.25, 0.3) is 0 Å². The van der Waals surface area contributed by atoms with Crippen LogP contribution in [-0.2, 0) is 27.0 Å². The van der Waals surface area contributed by atoms with E-state index in [0.29, 0.717) is 34.3 Å². The molecule has 0 aliphatic carbocycles. The molecule has 8 nitrogen and oxygen atoms in total. The molecule has 0 spiro atoms. The van der Waals surface area contributed by atoms with Gasteiger partial charge in [-0.3, -0.25) is 19.3 Å². The number of carbonyl (C=O) groups excluding carboxylic acids is 3. The first kappa shape index (κ1) is 29.2. The van der Waals surface area contributed by atoms with Gasteiger partial charge in [-0.05, 0) is 54.4 Å². The first-order valence-corrected chi connectivity index (χ1v) is 12.5. The lowest BCUT2D eigenvalue weighted by Crippen LogP contribution is -2.50. The number of amides is 3. The molecule has 0 saturated heterocycles. The van der Waals surface area contributed by atoms with Crippen molar-refractivity contribution in [2.45, 2.75) is 25.7 Å². The molecule has 1 aliphatic heterocycles. The minimum absolute atomic E-state index is 0.109. The van der Waals surface area contributed by atoms with Crippen molar-refractivity contribution in [3.8, 4) is 5.75 Å². The summed E-state index contributed by atoms with van der Waals surface area (Å²) in [6.45, 7) is 1.00. The van der Waals surface area contributed by atoms with E-state index in [2.05, 4.69) is 10.3 Å². The summed E-state index contributed by atoms with van der Waals surface area (Å²) >= 11 is 0. The molecular weight excluding hydrogens is 544 g/mol. The van der Waals surface area contributed by atoms with Crippen molar-refractivity contribution in [1.29, 1.82) is 0 Å². The van der Waals surface area contributed by atoms with E-state index in [9.17, 15) is 31.9 Å². The monoisotopic (exact) mass is 570 g/mol. The second-order valence-corrected chi connectivity index (χ2v) is 9.44. The van der Waals surface area contributed by atoms with Gasteiger partial charge in [0.1, 0.15) is 18.1 Å². The predicted octanol–water partition coefficient (Wildman–Crippen LogP) is 3.84. The average Bonchev–Trinajstić information content (AvgIpc) is 3.03. The number of anilines is 1. The quantitative estimate of drug-likeness (QED) is 0.401. The summed E-state index contributed by atoms with van der Waals surface area (Å²) < 4.78 is 58.0. The molecule has 3 N–H and O–H groups in total. The lowest BCUT2D eigenvalue weighted by molar-refractivity contribution is -0.140. The number of benzene rings is 3. The van der Waals surface area contributed by atoms with Crippen molar-refractivity contribution in [1.82, 2.24) is 5.32 Å². The van der Waals surface area contributed by atoms with Crippen LogP contribution >= 0.6 is 0 Å². The van der Waals surface area contributed by atoms with Crippen LogP contribution in [0.4, 0.5) is 23.2 Å². The van der Waals surface area contributed by atoms with Gasteiger partial charge in [-0.1, -0.05) is 31.2 Å². The highest BCUT2D eigenvalue weighted by Gasteiger charge is 2.36. The molecule has 2 atom stereocenters. The molecule has 214 valence electrons. The molecule has 12 heteroatoms. The van der Waals surface area contributed by atoms with Crippen molar-refractivity contribution in [3.63, 3.8) is 0 Å². The van der Waals surface area contributed by atoms with E-state index < -0.39 is 53.9 Å². The van der Waals surface area contributed by atoms with E-state index in [1.54, 1.807) is 48.5 Å². The molecule has 0 saturated carbocycles. The molecule has 4 rings (SSSR count). The number of nitrogens with two attached hydrogens (primary N) is 1. The van der Waals surface area contributed by atoms with Gasteiger partial charge in [-0.25, -0.2) is 9.38 Å². The standard InChI is InChI=1S/C29H26F4N4O4/c1-16(13-17-7-12-21(22(30)14-17)29(31,32)33)27(39)36-26-28(40)37(15-24(34)38)23-6-4-3-5-20(23)25(35-26)18-8-10-19(41-2)11-9-18/h3-12,14,16,26H,13,15H2,1-2H3,(H2,34,38)(H,36,39)/t16-,26?/m0/s1. The number of benzodiazepines with no additional fused rings is 1. The summed E-state index contributed by atoms with van der Waals surface area (Å²) in [5, 5.41) is 2.57. The highest BCUT2D eigenvalue weighted by Crippen LogP contribution is 2.32. The first-order valence-electron chi connectivity index (χ1n) is 12.5. The molecule has 0 fully saturated rings. The second kappa shape index (κ2) is 11.8. The highest BCUT2D eigenvalue weighted by molar-refractivity contribution is 6.21. The maximum atomic E-state index is 14.1. The molecule has 1 aliphatic rings. The SMILES string of the molecule is COc1ccc(C2=NC(NC(=O)[C@@H](C)Cc3ccc(C(F)(F)F)c(F)c3)C(=O)N(CC(N)=O)c3ccccc32)cc1. The molecule has 3 aromatic rings. The van der Waals surface area contributed by atoms with E-state index >= 15 is 0 Å². The van der Waals surface area contributed by atoms with Gasteiger partial charge >= 0.3 is 6.18 Å². The lowest BCUT2D eigenvalue weighted by Gasteiger charge is -2.24. The third kappa shape index (κ3) is 6.53. The van der Waals surface area contributed by atoms with Gasteiger partial charge in [0.2, 0.25) is 18.0 Å². The zero-order valence-corrected chi connectivity index (χ0v) is 22.0. The number of carbonyl (C=O) groups is 3. The summed E-state index contributed by atoms with van der Waals surface area (Å²) in [7, 11) is 1.51. The zero-order valence-electron chi connectivity index (χ0n) is 22.0. The minimum atomic E-state index is -4.85. The van der Waals surface area contributed by atoms with Gasteiger partial charge in [0.15, 0.2) is 0 Å². The van der Waals surface area contributed by atoms with Gasteiger partial charge in [-0.2, -0.15) is 13.2 Å². The summed E-state index contributed by atoms with van der Waals surface area (Å²) in [5.41, 5.74) is 6.00. The number of nitrogens with zero attached hydrogens (tertiary/aromatic N) is 2. The summed E-state index contributed by atoms with van der Waals surface area (Å²) in [6.07, 6.45) is -6.43. The molecular formula is C29H26F4N4O4. The fraction of sp³-hybridized carbons (Fsp3) is 0.241. The van der Waals surface area contributed by atoms with Gasteiger partial charge < -0.3 is 15.8 Å². The Morgan fingerprint density at radius 1 is 1.10 bits per heavy atom. The number of alkyl halides is 3. The maximum Gasteiger partial charge on any atom is 0.419 e. The fourth-order valence-electron chi connectivity index (χ4n) is 4.46. The maximum absolute atomic E-state index is 14.1. The van der Waals surface area contributed by atoms with Crippen LogP contribution in [0.2, 0.25) is 0 Å². The Kier molecular flexibility index (Phi) is 8.41. The molecule has 0 bridgehead atoms. The first-order chi connectivity index (χ1) is 19.4. The Morgan fingerprint density at radius 2 is 1.78 bits per heavy atom. The molecule has 0 aromatic heterocycles. The highest BCUT2D eigenvalue weighted by atomic mass is 19.4. The molecule has 3 aromatic carbocycles. The van der Waals surface area contributed by atoms with Crippen LogP contribution in [0, 0.1) is 11.7 Å². The molecule has 3 amide bonds. The minimum Gasteiger partial charge on any atom is -0.497 e. The Bertz CT molecular complexity index is 1510. The number of rotatable bonds is 8. The van der Waals surface area contributed by atoms with Gasteiger partial charge in [-0.15, -0.1) is 0 Å². The smallest absolute Gasteiger partial charge is 0.419 e. The zero-order chi connectivity index (χ0) is 29.9. The van der Waals surface area contributed by atoms with Crippen molar-refractivity contribution in [3.05, 3.63) is 94.8 Å². The van der Waals surface area contributed by atoms with Crippen LogP contribution in [0.1, 0.15) is 29.2 Å². The number of fused-ring (bicyclic) bond motifs is 1. The number of methoxy groups -OCH3 is 1. The molecule has 0 radical (unpaired) electrons. The number of primary amides is 1. The number of halogens is 4. The molecule has 41 heavy (non-hydrogen) atoms. The van der Waals surface area contributed by atoms with Crippen LogP contribution in [0.15, 0.2) is 71.7 Å².